The first kappa shape index (κ1) is 20.9. The van der Waals surface area contributed by atoms with Crippen LogP contribution in [0.15, 0.2) is 60.9 Å². The van der Waals surface area contributed by atoms with E-state index in [-0.39, 0.29) is 5.91 Å². The van der Waals surface area contributed by atoms with Gasteiger partial charge in [0.15, 0.2) is 0 Å². The molecule has 1 amide bonds. The molecule has 0 aliphatic rings. The number of benzene rings is 2. The maximum absolute atomic E-state index is 12.6. The van der Waals surface area contributed by atoms with Crippen molar-refractivity contribution in [3.63, 3.8) is 0 Å². The number of nitrogens with one attached hydrogen (secondary N) is 2. The van der Waals surface area contributed by atoms with Crippen LogP contribution in [-0.4, -0.2) is 24.0 Å². The average Bonchev–Trinajstić information content (AvgIpc) is 2.77. The second kappa shape index (κ2) is 9.57. The number of anilines is 4. The summed E-state index contributed by atoms with van der Waals surface area (Å²) in [5.74, 6) is -0.317. The van der Waals surface area contributed by atoms with E-state index in [9.17, 15) is 10.1 Å². The summed E-state index contributed by atoms with van der Waals surface area (Å²) in [5, 5.41) is 15.3. The second-order valence-corrected chi connectivity index (χ2v) is 6.87. The minimum atomic E-state index is -0.317. The predicted octanol–water partition coefficient (Wildman–Crippen LogP) is 5.10. The van der Waals surface area contributed by atoms with Crippen molar-refractivity contribution in [1.82, 2.24) is 4.98 Å². The lowest BCUT2D eigenvalue weighted by molar-refractivity contribution is 0.102. The van der Waals surface area contributed by atoms with Crippen molar-refractivity contribution in [2.75, 3.05) is 28.6 Å². The molecular weight excluding hydrogens is 374 g/mol. The lowest BCUT2D eigenvalue weighted by atomic mass is 10.1. The highest BCUT2D eigenvalue weighted by molar-refractivity contribution is 6.05. The second-order valence-electron chi connectivity index (χ2n) is 6.87. The molecule has 0 aliphatic carbocycles. The number of nitrogens with zero attached hydrogens (tertiary/aromatic N) is 3. The van der Waals surface area contributed by atoms with Gasteiger partial charge in [0.25, 0.3) is 5.91 Å². The van der Waals surface area contributed by atoms with Crippen LogP contribution in [0, 0.1) is 18.3 Å². The summed E-state index contributed by atoms with van der Waals surface area (Å²) in [6.07, 6.45) is 3.18. The van der Waals surface area contributed by atoms with Crippen molar-refractivity contribution < 1.29 is 4.79 Å². The normalized spacial score (nSPS) is 10.2. The first-order valence-electron chi connectivity index (χ1n) is 9.93. The Balaban J connectivity index is 1.77. The summed E-state index contributed by atoms with van der Waals surface area (Å²) in [6, 6.07) is 17.0. The van der Waals surface area contributed by atoms with Gasteiger partial charge in [-0.3, -0.25) is 9.78 Å². The number of pyridine rings is 1. The SMILES string of the molecule is CCN(CC)c1ccc(Nc2cncc(C(=O)Nc3ccccc3C#N)c2)c(C)c1. The third kappa shape index (κ3) is 4.76. The summed E-state index contributed by atoms with van der Waals surface area (Å²) in [4.78, 5) is 19.1. The highest BCUT2D eigenvalue weighted by Gasteiger charge is 2.11. The summed E-state index contributed by atoms with van der Waals surface area (Å²) >= 11 is 0. The van der Waals surface area contributed by atoms with Gasteiger partial charge in [0.1, 0.15) is 6.07 Å². The number of nitriles is 1. The molecule has 0 atom stereocenters. The fourth-order valence-electron chi connectivity index (χ4n) is 3.25. The van der Waals surface area contributed by atoms with Crippen molar-refractivity contribution in [2.24, 2.45) is 0 Å². The van der Waals surface area contributed by atoms with Gasteiger partial charge in [-0.2, -0.15) is 5.26 Å². The van der Waals surface area contributed by atoms with Crippen molar-refractivity contribution in [3.8, 4) is 6.07 Å². The van der Waals surface area contributed by atoms with E-state index in [1.807, 2.05) is 6.07 Å². The molecule has 1 aromatic heterocycles. The topological polar surface area (TPSA) is 81.1 Å². The molecule has 0 aliphatic heterocycles. The molecule has 0 radical (unpaired) electrons. The van der Waals surface area contributed by atoms with E-state index in [2.05, 4.69) is 59.5 Å². The van der Waals surface area contributed by atoms with Gasteiger partial charge < -0.3 is 15.5 Å². The van der Waals surface area contributed by atoms with Gasteiger partial charge in [0.05, 0.1) is 28.7 Å². The monoisotopic (exact) mass is 399 g/mol. The fourth-order valence-corrected chi connectivity index (χ4v) is 3.25. The zero-order valence-corrected chi connectivity index (χ0v) is 17.4. The number of carbonyl (C=O) groups excluding carboxylic acids is 1. The largest absolute Gasteiger partial charge is 0.372 e. The summed E-state index contributed by atoms with van der Waals surface area (Å²) in [6.45, 7) is 8.25. The zero-order valence-electron chi connectivity index (χ0n) is 17.4. The standard InChI is InChI=1S/C24H25N5O/c1-4-29(5-2)21-10-11-22(17(3)12-21)27-20-13-19(15-26-16-20)24(30)28-23-9-7-6-8-18(23)14-25/h6-13,15-16,27H,4-5H2,1-3H3,(H,28,30). The number of rotatable bonds is 7. The smallest absolute Gasteiger partial charge is 0.257 e. The van der Waals surface area contributed by atoms with Gasteiger partial charge >= 0.3 is 0 Å². The van der Waals surface area contributed by atoms with E-state index in [0.717, 1.165) is 30.0 Å². The van der Waals surface area contributed by atoms with Crippen LogP contribution in [0.5, 0.6) is 0 Å². The molecule has 2 N–H and O–H groups in total. The first-order valence-corrected chi connectivity index (χ1v) is 9.93. The highest BCUT2D eigenvalue weighted by Crippen LogP contribution is 2.26. The Morgan fingerprint density at radius 2 is 1.83 bits per heavy atom. The van der Waals surface area contributed by atoms with E-state index in [0.29, 0.717) is 16.8 Å². The molecule has 2 aromatic carbocycles. The van der Waals surface area contributed by atoms with E-state index in [1.54, 1.807) is 36.5 Å². The van der Waals surface area contributed by atoms with Gasteiger partial charge in [-0.15, -0.1) is 0 Å². The molecule has 3 rings (SSSR count). The molecule has 0 unspecified atom stereocenters. The van der Waals surface area contributed by atoms with Crippen LogP contribution in [0.2, 0.25) is 0 Å². The Morgan fingerprint density at radius 3 is 2.53 bits per heavy atom. The van der Waals surface area contributed by atoms with Crippen LogP contribution in [0.25, 0.3) is 0 Å². The Labute approximate surface area is 177 Å². The van der Waals surface area contributed by atoms with Gasteiger partial charge in [-0.1, -0.05) is 12.1 Å². The predicted molar refractivity (Wildman–Crippen MR) is 121 cm³/mol. The molecule has 0 fully saturated rings. The summed E-state index contributed by atoms with van der Waals surface area (Å²) in [7, 11) is 0. The molecule has 3 aromatic rings. The third-order valence-electron chi connectivity index (χ3n) is 4.91. The number of hydrogen-bond donors (Lipinski definition) is 2. The van der Waals surface area contributed by atoms with Crippen LogP contribution in [0.3, 0.4) is 0 Å². The molecule has 6 heteroatoms. The minimum Gasteiger partial charge on any atom is -0.372 e. The van der Waals surface area contributed by atoms with Crippen LogP contribution in [0.4, 0.5) is 22.7 Å². The molecule has 0 saturated heterocycles. The maximum Gasteiger partial charge on any atom is 0.257 e. The number of aromatic nitrogens is 1. The van der Waals surface area contributed by atoms with Gasteiger partial charge in [0, 0.05) is 30.7 Å². The molecule has 152 valence electrons. The number of carbonyl (C=O) groups is 1. The fraction of sp³-hybridized carbons (Fsp3) is 0.208. The quantitative estimate of drug-likeness (QED) is 0.577. The van der Waals surface area contributed by atoms with Crippen molar-refractivity contribution in [1.29, 1.82) is 5.26 Å². The number of hydrogen-bond acceptors (Lipinski definition) is 5. The van der Waals surface area contributed by atoms with Crippen LogP contribution >= 0.6 is 0 Å². The Morgan fingerprint density at radius 1 is 1.07 bits per heavy atom. The van der Waals surface area contributed by atoms with Crippen LogP contribution in [0.1, 0.15) is 35.3 Å². The van der Waals surface area contributed by atoms with Crippen LogP contribution in [-0.2, 0) is 0 Å². The van der Waals surface area contributed by atoms with E-state index >= 15 is 0 Å². The highest BCUT2D eigenvalue weighted by atomic mass is 16.1. The number of para-hydroxylation sites is 1. The first-order chi connectivity index (χ1) is 14.5. The van der Waals surface area contributed by atoms with Crippen molar-refractivity contribution in [3.05, 3.63) is 77.6 Å². The Bertz CT molecular complexity index is 1080. The Hall–Kier alpha value is -3.85. The lowest BCUT2D eigenvalue weighted by Gasteiger charge is -2.22. The third-order valence-corrected chi connectivity index (χ3v) is 4.91. The number of aryl methyl sites for hydroxylation is 1. The zero-order chi connectivity index (χ0) is 21.5. The molecular formula is C24H25N5O. The average molecular weight is 399 g/mol. The van der Waals surface area contributed by atoms with E-state index in [4.69, 9.17) is 0 Å². The lowest BCUT2D eigenvalue weighted by Crippen LogP contribution is -2.21. The Kier molecular flexibility index (Phi) is 6.66. The van der Waals surface area contributed by atoms with Gasteiger partial charge in [0.2, 0.25) is 0 Å². The van der Waals surface area contributed by atoms with Gasteiger partial charge in [-0.25, -0.2) is 0 Å². The minimum absolute atomic E-state index is 0.317. The van der Waals surface area contributed by atoms with Crippen molar-refractivity contribution >= 4 is 28.7 Å². The molecule has 1 heterocycles. The summed E-state index contributed by atoms with van der Waals surface area (Å²) in [5.41, 5.74) is 5.27. The molecule has 6 nitrogen and oxygen atoms in total. The maximum atomic E-state index is 12.6. The van der Waals surface area contributed by atoms with E-state index in [1.165, 1.54) is 11.9 Å². The summed E-state index contributed by atoms with van der Waals surface area (Å²) < 4.78 is 0. The molecule has 0 saturated carbocycles. The van der Waals surface area contributed by atoms with Crippen molar-refractivity contribution in [2.45, 2.75) is 20.8 Å². The number of amides is 1. The van der Waals surface area contributed by atoms with E-state index < -0.39 is 0 Å². The van der Waals surface area contributed by atoms with Gasteiger partial charge in [-0.05, 0) is 62.7 Å². The molecule has 30 heavy (non-hydrogen) atoms. The molecule has 0 spiro atoms. The molecule has 0 bridgehead atoms. The van der Waals surface area contributed by atoms with Crippen LogP contribution < -0.4 is 15.5 Å².